The third-order valence-corrected chi connectivity index (χ3v) is 4.14. The van der Waals surface area contributed by atoms with Crippen LogP contribution in [-0.2, 0) is 0 Å². The third-order valence-electron chi connectivity index (χ3n) is 3.37. The molecule has 3 rings (SSSR count). The summed E-state index contributed by atoms with van der Waals surface area (Å²) in [5.74, 6) is 1.89. The van der Waals surface area contributed by atoms with E-state index in [1.165, 1.54) is 0 Å². The number of anilines is 1. The number of aromatic nitrogens is 1. The van der Waals surface area contributed by atoms with Gasteiger partial charge in [-0.05, 0) is 45.0 Å². The summed E-state index contributed by atoms with van der Waals surface area (Å²) in [5, 5.41) is 6.62. The third kappa shape index (κ3) is 3.16. The number of hydrogen-bond donors (Lipinski definition) is 1. The van der Waals surface area contributed by atoms with Crippen LogP contribution in [0.1, 0.15) is 29.5 Å². The molecule has 0 radical (unpaired) electrons. The van der Waals surface area contributed by atoms with E-state index in [1.54, 1.807) is 11.3 Å². The van der Waals surface area contributed by atoms with Crippen molar-refractivity contribution in [3.63, 3.8) is 0 Å². The number of aryl methyl sites for hydroxylation is 2. The maximum absolute atomic E-state index is 5.64. The van der Waals surface area contributed by atoms with Gasteiger partial charge < -0.3 is 9.73 Å². The average molecular weight is 298 g/mol. The predicted octanol–water partition coefficient (Wildman–Crippen LogP) is 5.19. The van der Waals surface area contributed by atoms with Crippen molar-refractivity contribution in [3.8, 4) is 11.3 Å². The molecule has 0 saturated heterocycles. The average Bonchev–Trinajstić information content (AvgIpc) is 3.08. The monoisotopic (exact) mass is 298 g/mol. The Kier molecular flexibility index (Phi) is 3.80. The van der Waals surface area contributed by atoms with Crippen molar-refractivity contribution in [1.29, 1.82) is 0 Å². The maximum atomic E-state index is 5.64. The lowest BCUT2D eigenvalue weighted by Gasteiger charge is -2.13. The Balaban J connectivity index is 1.72. The minimum atomic E-state index is 0.145. The van der Waals surface area contributed by atoms with Gasteiger partial charge in [0.1, 0.15) is 11.5 Å². The van der Waals surface area contributed by atoms with Gasteiger partial charge in [0.2, 0.25) is 0 Å². The molecule has 4 heteroatoms. The highest BCUT2D eigenvalue weighted by molar-refractivity contribution is 7.09. The first kappa shape index (κ1) is 13.9. The molecule has 0 amide bonds. The smallest absolute Gasteiger partial charge is 0.126 e. The first-order valence-corrected chi connectivity index (χ1v) is 7.85. The van der Waals surface area contributed by atoms with Gasteiger partial charge in [-0.1, -0.05) is 12.1 Å². The van der Waals surface area contributed by atoms with Crippen LogP contribution < -0.4 is 5.32 Å². The van der Waals surface area contributed by atoms with E-state index in [2.05, 4.69) is 46.9 Å². The van der Waals surface area contributed by atoms with E-state index in [9.17, 15) is 0 Å². The number of rotatable bonds is 4. The molecule has 2 heterocycles. The van der Waals surface area contributed by atoms with Gasteiger partial charge in [-0.3, -0.25) is 0 Å². The normalized spacial score (nSPS) is 12.3. The molecule has 3 aromatic rings. The van der Waals surface area contributed by atoms with Crippen LogP contribution in [0.3, 0.4) is 0 Å². The van der Waals surface area contributed by atoms with Crippen LogP contribution in [0.15, 0.2) is 46.2 Å². The van der Waals surface area contributed by atoms with Crippen LogP contribution in [0.5, 0.6) is 0 Å². The van der Waals surface area contributed by atoms with Crippen molar-refractivity contribution in [1.82, 2.24) is 4.98 Å². The molecule has 1 atom stereocenters. The highest BCUT2D eigenvalue weighted by Gasteiger charge is 2.09. The number of furan rings is 1. The fraction of sp³-hybridized carbons (Fsp3) is 0.235. The summed E-state index contributed by atoms with van der Waals surface area (Å²) in [7, 11) is 0. The molecule has 0 spiro atoms. The predicted molar refractivity (Wildman–Crippen MR) is 87.8 cm³/mol. The van der Waals surface area contributed by atoms with Gasteiger partial charge in [0.05, 0.1) is 16.7 Å². The molecule has 0 bridgehead atoms. The molecule has 1 aromatic carbocycles. The number of nitrogens with zero attached hydrogens (tertiary/aromatic N) is 1. The Morgan fingerprint density at radius 3 is 2.43 bits per heavy atom. The summed E-state index contributed by atoms with van der Waals surface area (Å²) in [5.41, 5.74) is 3.26. The van der Waals surface area contributed by atoms with E-state index >= 15 is 0 Å². The van der Waals surface area contributed by atoms with E-state index in [0.717, 1.165) is 33.5 Å². The van der Waals surface area contributed by atoms with E-state index in [1.807, 2.05) is 26.0 Å². The second-order valence-electron chi connectivity index (χ2n) is 5.14. The van der Waals surface area contributed by atoms with Crippen LogP contribution in [0.4, 0.5) is 5.69 Å². The van der Waals surface area contributed by atoms with Crippen LogP contribution in [0, 0.1) is 13.8 Å². The van der Waals surface area contributed by atoms with Crippen LogP contribution >= 0.6 is 11.3 Å². The topological polar surface area (TPSA) is 38.1 Å². The van der Waals surface area contributed by atoms with Gasteiger partial charge in [0, 0.05) is 16.6 Å². The molecule has 0 aliphatic heterocycles. The molecule has 0 saturated carbocycles. The largest absolute Gasteiger partial charge is 0.464 e. The molecule has 1 unspecified atom stereocenters. The maximum Gasteiger partial charge on any atom is 0.126 e. The standard InChI is InChI=1S/C17H18N2OS/c1-11-4-9-17(20-11)12(2)18-15-7-5-14(6-8-15)16-10-21-13(3)19-16/h4-10,12,18H,1-3H3. The minimum absolute atomic E-state index is 0.145. The quantitative estimate of drug-likeness (QED) is 0.720. The number of benzene rings is 1. The zero-order chi connectivity index (χ0) is 14.8. The van der Waals surface area contributed by atoms with Gasteiger partial charge >= 0.3 is 0 Å². The van der Waals surface area contributed by atoms with Crippen molar-refractivity contribution < 1.29 is 4.42 Å². The summed E-state index contributed by atoms with van der Waals surface area (Å²) in [6, 6.07) is 12.5. The Morgan fingerprint density at radius 2 is 1.86 bits per heavy atom. The Labute approximate surface area is 128 Å². The summed E-state index contributed by atoms with van der Waals surface area (Å²) in [6.45, 7) is 6.08. The zero-order valence-corrected chi connectivity index (χ0v) is 13.2. The first-order chi connectivity index (χ1) is 10.1. The SMILES string of the molecule is Cc1ccc(C(C)Nc2ccc(-c3csc(C)n3)cc2)o1. The Bertz CT molecular complexity index is 727. The van der Waals surface area contributed by atoms with Gasteiger partial charge in [-0.2, -0.15) is 0 Å². The van der Waals surface area contributed by atoms with Crippen molar-refractivity contribution in [3.05, 3.63) is 58.3 Å². The fourth-order valence-corrected chi connectivity index (χ4v) is 2.86. The number of thiazole rings is 1. The molecule has 0 fully saturated rings. The highest BCUT2D eigenvalue weighted by Crippen LogP contribution is 2.25. The molecule has 3 nitrogen and oxygen atoms in total. The van der Waals surface area contributed by atoms with Crippen molar-refractivity contribution in [2.75, 3.05) is 5.32 Å². The number of hydrogen-bond acceptors (Lipinski definition) is 4. The van der Waals surface area contributed by atoms with E-state index < -0.39 is 0 Å². The molecule has 21 heavy (non-hydrogen) atoms. The molecular weight excluding hydrogens is 280 g/mol. The lowest BCUT2D eigenvalue weighted by molar-refractivity contribution is 0.467. The molecule has 2 aromatic heterocycles. The Hall–Kier alpha value is -2.07. The van der Waals surface area contributed by atoms with Crippen molar-refractivity contribution in [2.45, 2.75) is 26.8 Å². The minimum Gasteiger partial charge on any atom is -0.464 e. The molecular formula is C17H18N2OS. The van der Waals surface area contributed by atoms with E-state index in [0.29, 0.717) is 0 Å². The second kappa shape index (κ2) is 5.74. The number of nitrogens with one attached hydrogen (secondary N) is 1. The Morgan fingerprint density at radius 1 is 1.10 bits per heavy atom. The van der Waals surface area contributed by atoms with Gasteiger partial charge in [0.25, 0.3) is 0 Å². The van der Waals surface area contributed by atoms with E-state index in [4.69, 9.17) is 4.42 Å². The summed E-state index contributed by atoms with van der Waals surface area (Å²) in [6.07, 6.45) is 0. The fourth-order valence-electron chi connectivity index (χ4n) is 2.24. The lowest BCUT2D eigenvalue weighted by atomic mass is 10.1. The lowest BCUT2D eigenvalue weighted by Crippen LogP contribution is -2.05. The second-order valence-corrected chi connectivity index (χ2v) is 6.21. The van der Waals surface area contributed by atoms with Crippen molar-refractivity contribution >= 4 is 17.0 Å². The van der Waals surface area contributed by atoms with Gasteiger partial charge in [-0.25, -0.2) is 4.98 Å². The summed E-state index contributed by atoms with van der Waals surface area (Å²) < 4.78 is 5.64. The van der Waals surface area contributed by atoms with Crippen LogP contribution in [0.25, 0.3) is 11.3 Å². The first-order valence-electron chi connectivity index (χ1n) is 6.97. The van der Waals surface area contributed by atoms with Gasteiger partial charge in [-0.15, -0.1) is 11.3 Å². The van der Waals surface area contributed by atoms with Gasteiger partial charge in [0.15, 0.2) is 0 Å². The molecule has 1 N–H and O–H groups in total. The summed E-state index contributed by atoms with van der Waals surface area (Å²) >= 11 is 1.67. The van der Waals surface area contributed by atoms with Crippen molar-refractivity contribution in [2.24, 2.45) is 0 Å². The molecule has 0 aliphatic rings. The highest BCUT2D eigenvalue weighted by atomic mass is 32.1. The van der Waals surface area contributed by atoms with Crippen LogP contribution in [-0.4, -0.2) is 4.98 Å². The van der Waals surface area contributed by atoms with E-state index in [-0.39, 0.29) is 6.04 Å². The van der Waals surface area contributed by atoms with Crippen LogP contribution in [0.2, 0.25) is 0 Å². The summed E-state index contributed by atoms with van der Waals surface area (Å²) in [4.78, 5) is 4.50. The molecule has 0 aliphatic carbocycles. The molecule has 108 valence electrons. The zero-order valence-electron chi connectivity index (χ0n) is 12.4.